The third kappa shape index (κ3) is 4.97. The van der Waals surface area contributed by atoms with E-state index in [9.17, 15) is 0 Å². The minimum atomic E-state index is -0.245. The van der Waals surface area contributed by atoms with Gasteiger partial charge in [-0.05, 0) is 39.0 Å². The number of fused-ring (bicyclic) bond motifs is 1. The summed E-state index contributed by atoms with van der Waals surface area (Å²) in [5.74, 6) is 2.38. The third-order valence-electron chi connectivity index (χ3n) is 3.86. The molecule has 0 radical (unpaired) electrons. The number of nitrogens with one attached hydrogen (secondary N) is 2. The highest BCUT2D eigenvalue weighted by Gasteiger charge is 2.14. The summed E-state index contributed by atoms with van der Waals surface area (Å²) in [5, 5.41) is 15.0. The molecular formula is C20H26N6O. The second-order valence-corrected chi connectivity index (χ2v) is 7.15. The number of ether oxygens (including phenoxy) is 1. The molecule has 0 saturated carbocycles. The summed E-state index contributed by atoms with van der Waals surface area (Å²) in [5.41, 5.74) is 1.65. The summed E-state index contributed by atoms with van der Waals surface area (Å²) in [6.07, 6.45) is 1.95. The molecule has 7 heteroatoms. The Hall–Kier alpha value is -3.09. The van der Waals surface area contributed by atoms with Crippen molar-refractivity contribution >= 4 is 11.6 Å². The predicted molar refractivity (Wildman–Crippen MR) is 107 cm³/mol. The number of rotatable bonds is 5. The summed E-state index contributed by atoms with van der Waals surface area (Å²) >= 11 is 0. The second-order valence-electron chi connectivity index (χ2n) is 7.15. The van der Waals surface area contributed by atoms with Gasteiger partial charge in [0, 0.05) is 25.4 Å². The van der Waals surface area contributed by atoms with Gasteiger partial charge in [-0.15, -0.1) is 10.2 Å². The molecule has 0 unspecified atom stereocenters. The predicted octanol–water partition coefficient (Wildman–Crippen LogP) is 2.77. The zero-order valence-corrected chi connectivity index (χ0v) is 16.2. The lowest BCUT2D eigenvalue weighted by atomic mass is 10.1. The van der Waals surface area contributed by atoms with Gasteiger partial charge in [-0.3, -0.25) is 9.39 Å². The molecule has 2 aromatic heterocycles. The van der Waals surface area contributed by atoms with E-state index in [1.54, 1.807) is 7.05 Å². The lowest BCUT2D eigenvalue weighted by Crippen LogP contribution is -2.37. The van der Waals surface area contributed by atoms with Crippen LogP contribution in [-0.4, -0.2) is 33.2 Å². The van der Waals surface area contributed by atoms with Gasteiger partial charge in [-0.25, -0.2) is 0 Å². The molecule has 7 nitrogen and oxygen atoms in total. The number of para-hydroxylation sites is 1. The number of hydrogen-bond donors (Lipinski definition) is 2. The van der Waals surface area contributed by atoms with Crippen LogP contribution in [0.25, 0.3) is 5.65 Å². The Morgan fingerprint density at radius 2 is 1.78 bits per heavy atom. The molecule has 0 fully saturated rings. The Balaban J connectivity index is 1.62. The number of aromatic nitrogens is 3. The van der Waals surface area contributed by atoms with Crippen molar-refractivity contribution in [1.82, 2.24) is 25.2 Å². The normalized spacial score (nSPS) is 12.2. The zero-order chi connectivity index (χ0) is 19.3. The van der Waals surface area contributed by atoms with E-state index in [1.165, 1.54) is 0 Å². The van der Waals surface area contributed by atoms with Crippen molar-refractivity contribution in [2.75, 3.05) is 7.05 Å². The van der Waals surface area contributed by atoms with Gasteiger partial charge in [-0.1, -0.05) is 24.3 Å². The monoisotopic (exact) mass is 366 g/mol. The molecule has 0 aliphatic heterocycles. The molecule has 0 bridgehead atoms. The topological polar surface area (TPSA) is 75.8 Å². The molecule has 3 rings (SSSR count). The molecule has 27 heavy (non-hydrogen) atoms. The van der Waals surface area contributed by atoms with E-state index in [4.69, 9.17) is 4.74 Å². The largest absolute Gasteiger partial charge is 0.488 e. The third-order valence-corrected chi connectivity index (χ3v) is 3.86. The highest BCUT2D eigenvalue weighted by Crippen LogP contribution is 2.22. The van der Waals surface area contributed by atoms with Crippen LogP contribution in [0.1, 0.15) is 32.2 Å². The van der Waals surface area contributed by atoms with E-state index in [2.05, 4.69) is 25.8 Å². The van der Waals surface area contributed by atoms with Gasteiger partial charge in [0.2, 0.25) is 0 Å². The van der Waals surface area contributed by atoms with Gasteiger partial charge in [-0.2, -0.15) is 0 Å². The van der Waals surface area contributed by atoms with Gasteiger partial charge < -0.3 is 15.4 Å². The minimum Gasteiger partial charge on any atom is -0.488 e. The number of benzene rings is 1. The van der Waals surface area contributed by atoms with Gasteiger partial charge in [0.05, 0.1) is 6.54 Å². The average Bonchev–Trinajstić information content (AvgIpc) is 3.05. The van der Waals surface area contributed by atoms with E-state index in [0.717, 1.165) is 22.8 Å². The van der Waals surface area contributed by atoms with Crippen LogP contribution < -0.4 is 15.4 Å². The molecule has 0 atom stereocenters. The smallest absolute Gasteiger partial charge is 0.191 e. The standard InChI is InChI=1S/C20H26N6O/c1-20(2,3)27-16-10-6-5-9-15(16)13-22-19(21-4)23-14-18-25-24-17-11-7-8-12-26(17)18/h5-12H,13-14H2,1-4H3,(H2,21,22,23). The van der Waals surface area contributed by atoms with E-state index in [0.29, 0.717) is 19.0 Å². The molecule has 0 spiro atoms. The lowest BCUT2D eigenvalue weighted by Gasteiger charge is -2.23. The van der Waals surface area contributed by atoms with Crippen LogP contribution in [0.2, 0.25) is 0 Å². The maximum Gasteiger partial charge on any atom is 0.191 e. The summed E-state index contributed by atoms with van der Waals surface area (Å²) in [6.45, 7) is 7.25. The number of hydrogen-bond acceptors (Lipinski definition) is 4. The minimum absolute atomic E-state index is 0.245. The second kappa shape index (κ2) is 8.07. The Bertz CT molecular complexity index is 925. The van der Waals surface area contributed by atoms with Gasteiger partial charge in [0.25, 0.3) is 0 Å². The maximum absolute atomic E-state index is 6.04. The zero-order valence-electron chi connectivity index (χ0n) is 16.2. The Labute approximate surface area is 159 Å². The summed E-state index contributed by atoms with van der Waals surface area (Å²) in [6, 6.07) is 13.8. The fraction of sp³-hybridized carbons (Fsp3) is 0.350. The molecule has 0 saturated heterocycles. The van der Waals surface area contributed by atoms with Crippen LogP contribution in [0.3, 0.4) is 0 Å². The van der Waals surface area contributed by atoms with Crippen molar-refractivity contribution < 1.29 is 4.74 Å². The Morgan fingerprint density at radius 1 is 1.04 bits per heavy atom. The van der Waals surface area contributed by atoms with Crippen LogP contribution in [0.4, 0.5) is 0 Å². The highest BCUT2D eigenvalue weighted by atomic mass is 16.5. The highest BCUT2D eigenvalue weighted by molar-refractivity contribution is 5.79. The molecule has 3 aromatic rings. The first-order valence-corrected chi connectivity index (χ1v) is 8.96. The van der Waals surface area contributed by atoms with Gasteiger partial charge in [0.1, 0.15) is 11.4 Å². The fourth-order valence-electron chi connectivity index (χ4n) is 2.65. The summed E-state index contributed by atoms with van der Waals surface area (Å²) < 4.78 is 8.00. The maximum atomic E-state index is 6.04. The van der Waals surface area contributed by atoms with Crippen LogP contribution in [-0.2, 0) is 13.1 Å². The molecule has 0 aliphatic carbocycles. The number of guanidine groups is 1. The van der Waals surface area contributed by atoms with Crippen molar-refractivity contribution in [3.63, 3.8) is 0 Å². The van der Waals surface area contributed by atoms with Crippen LogP contribution in [0.5, 0.6) is 5.75 Å². The first-order chi connectivity index (χ1) is 13.0. The fourth-order valence-corrected chi connectivity index (χ4v) is 2.65. The number of nitrogens with zero attached hydrogens (tertiary/aromatic N) is 4. The number of pyridine rings is 1. The first-order valence-electron chi connectivity index (χ1n) is 8.96. The van der Waals surface area contributed by atoms with Crippen LogP contribution in [0.15, 0.2) is 53.7 Å². The van der Waals surface area contributed by atoms with Crippen molar-refractivity contribution in [3.05, 3.63) is 60.0 Å². The molecule has 1 aromatic carbocycles. The van der Waals surface area contributed by atoms with Crippen LogP contribution >= 0.6 is 0 Å². The van der Waals surface area contributed by atoms with Crippen molar-refractivity contribution in [2.45, 2.75) is 39.5 Å². The SMILES string of the molecule is CN=C(NCc1ccccc1OC(C)(C)C)NCc1nnc2ccccn12. The van der Waals surface area contributed by atoms with E-state index in [-0.39, 0.29) is 5.60 Å². The van der Waals surface area contributed by atoms with Crippen molar-refractivity contribution in [3.8, 4) is 5.75 Å². The summed E-state index contributed by atoms with van der Waals surface area (Å²) in [4.78, 5) is 4.28. The van der Waals surface area contributed by atoms with Crippen LogP contribution in [0, 0.1) is 0 Å². The van der Waals surface area contributed by atoms with Gasteiger partial charge >= 0.3 is 0 Å². The van der Waals surface area contributed by atoms with Gasteiger partial charge in [0.15, 0.2) is 17.4 Å². The molecule has 142 valence electrons. The molecular weight excluding hydrogens is 340 g/mol. The molecule has 2 heterocycles. The van der Waals surface area contributed by atoms with E-state index < -0.39 is 0 Å². The van der Waals surface area contributed by atoms with E-state index >= 15 is 0 Å². The number of aliphatic imine (C=N–C) groups is 1. The summed E-state index contributed by atoms with van der Waals surface area (Å²) in [7, 11) is 1.74. The Kier molecular flexibility index (Phi) is 5.59. The van der Waals surface area contributed by atoms with E-state index in [1.807, 2.05) is 73.8 Å². The molecule has 0 amide bonds. The quantitative estimate of drug-likeness (QED) is 0.536. The molecule has 0 aliphatic rings. The molecule has 2 N–H and O–H groups in total. The lowest BCUT2D eigenvalue weighted by molar-refractivity contribution is 0.129. The van der Waals surface area contributed by atoms with Crippen molar-refractivity contribution in [1.29, 1.82) is 0 Å². The average molecular weight is 366 g/mol. The first kappa shape index (κ1) is 18.7. The Morgan fingerprint density at radius 3 is 2.56 bits per heavy atom. The van der Waals surface area contributed by atoms with Crippen molar-refractivity contribution in [2.24, 2.45) is 4.99 Å².